The van der Waals surface area contributed by atoms with Crippen molar-refractivity contribution in [1.82, 2.24) is 30.0 Å². The molecule has 1 amide bonds. The number of H-pyrrole nitrogens is 1. The highest BCUT2D eigenvalue weighted by Crippen LogP contribution is 2.14. The minimum absolute atomic E-state index is 0.000277. The fourth-order valence-electron chi connectivity index (χ4n) is 2.16. The van der Waals surface area contributed by atoms with Gasteiger partial charge in [-0.3, -0.25) is 9.59 Å². The van der Waals surface area contributed by atoms with Gasteiger partial charge < -0.3 is 10.3 Å². The smallest absolute Gasteiger partial charge is 0.263 e. The van der Waals surface area contributed by atoms with Crippen molar-refractivity contribution in [3.63, 3.8) is 0 Å². The number of aromatic amines is 1. The van der Waals surface area contributed by atoms with Gasteiger partial charge in [0.25, 0.3) is 11.5 Å². The molecule has 3 rings (SSSR count). The lowest BCUT2D eigenvalue weighted by Gasteiger charge is -2.05. The predicted octanol–water partition coefficient (Wildman–Crippen LogP) is 0.752. The quantitative estimate of drug-likeness (QED) is 0.686. The molecule has 0 radical (unpaired) electrons. The minimum Gasteiger partial charge on any atom is -0.351 e. The second-order valence-electron chi connectivity index (χ2n) is 5.18. The Morgan fingerprint density at radius 3 is 2.96 bits per heavy atom. The molecule has 3 heterocycles. The van der Waals surface area contributed by atoms with Gasteiger partial charge in [0, 0.05) is 22.5 Å². The van der Waals surface area contributed by atoms with Crippen molar-refractivity contribution in [3.05, 3.63) is 62.5 Å². The Balaban J connectivity index is 1.59. The maximum absolute atomic E-state index is 12.1. The second kappa shape index (κ2) is 7.18. The van der Waals surface area contributed by atoms with Crippen LogP contribution in [0.4, 0.5) is 0 Å². The van der Waals surface area contributed by atoms with Crippen molar-refractivity contribution in [3.8, 4) is 0 Å². The van der Waals surface area contributed by atoms with Gasteiger partial charge in [-0.2, -0.15) is 5.10 Å². The highest BCUT2D eigenvalue weighted by atomic mass is 32.1. The summed E-state index contributed by atoms with van der Waals surface area (Å²) in [6.45, 7) is 2.80. The van der Waals surface area contributed by atoms with Gasteiger partial charge in [0.2, 0.25) is 0 Å². The summed E-state index contributed by atoms with van der Waals surface area (Å²) in [4.78, 5) is 37.1. The third-order valence-electron chi connectivity index (χ3n) is 3.33. The van der Waals surface area contributed by atoms with E-state index in [-0.39, 0.29) is 12.1 Å². The monoisotopic (exact) mass is 344 g/mol. The average molecular weight is 344 g/mol. The molecule has 0 aliphatic carbocycles. The van der Waals surface area contributed by atoms with Crippen LogP contribution in [0.5, 0.6) is 0 Å². The van der Waals surface area contributed by atoms with Gasteiger partial charge in [0.15, 0.2) is 0 Å². The van der Waals surface area contributed by atoms with E-state index < -0.39 is 11.5 Å². The fraction of sp³-hybridized carbons (Fsp3) is 0.267. The zero-order valence-electron chi connectivity index (χ0n) is 13.0. The van der Waals surface area contributed by atoms with Gasteiger partial charge >= 0.3 is 0 Å². The van der Waals surface area contributed by atoms with Crippen LogP contribution in [-0.4, -0.2) is 37.2 Å². The number of thiophene rings is 1. The molecule has 0 saturated carbocycles. The number of aromatic nitrogens is 5. The van der Waals surface area contributed by atoms with Crippen LogP contribution in [0.3, 0.4) is 0 Å². The summed E-state index contributed by atoms with van der Waals surface area (Å²) in [5.74, 6) is -0.0135. The molecule has 9 heteroatoms. The van der Waals surface area contributed by atoms with Gasteiger partial charge in [-0.1, -0.05) is 0 Å². The minimum atomic E-state index is -0.468. The lowest BCUT2D eigenvalue weighted by Crippen LogP contribution is -2.32. The molecule has 3 aromatic rings. The van der Waals surface area contributed by atoms with Gasteiger partial charge in [-0.15, -0.1) is 11.3 Å². The van der Waals surface area contributed by atoms with Crippen molar-refractivity contribution >= 4 is 17.2 Å². The van der Waals surface area contributed by atoms with E-state index >= 15 is 0 Å². The Labute approximate surface area is 141 Å². The van der Waals surface area contributed by atoms with Crippen LogP contribution >= 0.6 is 11.3 Å². The summed E-state index contributed by atoms with van der Waals surface area (Å²) in [5.41, 5.74) is -0.468. The Bertz CT molecular complexity index is 884. The van der Waals surface area contributed by atoms with E-state index in [1.54, 1.807) is 11.3 Å². The first kappa shape index (κ1) is 16.1. The first-order valence-electron chi connectivity index (χ1n) is 7.36. The first-order chi connectivity index (χ1) is 11.6. The number of hydrogen-bond acceptors (Lipinski definition) is 6. The standard InChI is InChI=1S/C15H16N6O2S/c1-10-2-3-11(24-10)4-5-17-14(22)12-6-18-13(20-15(12)23)7-21-9-16-8-19-21/h2-3,6,8-9H,4-5,7H2,1H3,(H,17,22)(H,18,20,23). The zero-order valence-corrected chi connectivity index (χ0v) is 13.8. The number of hydrogen-bond donors (Lipinski definition) is 2. The summed E-state index contributed by atoms with van der Waals surface area (Å²) in [7, 11) is 0. The maximum atomic E-state index is 12.1. The summed E-state index contributed by atoms with van der Waals surface area (Å²) in [6.07, 6.45) is 4.94. The SMILES string of the molecule is Cc1ccc(CCNC(=O)c2cnc(Cn3cncn3)[nH]c2=O)s1. The molecular weight excluding hydrogens is 328 g/mol. The lowest BCUT2D eigenvalue weighted by molar-refractivity contribution is 0.0952. The van der Waals surface area contributed by atoms with Gasteiger partial charge in [0.05, 0.1) is 0 Å². The van der Waals surface area contributed by atoms with Crippen LogP contribution in [0.1, 0.15) is 25.9 Å². The van der Waals surface area contributed by atoms with E-state index in [9.17, 15) is 9.59 Å². The Morgan fingerprint density at radius 1 is 1.42 bits per heavy atom. The molecule has 0 unspecified atom stereocenters. The second-order valence-corrected chi connectivity index (χ2v) is 6.56. The van der Waals surface area contributed by atoms with Crippen LogP contribution in [-0.2, 0) is 13.0 Å². The first-order valence-corrected chi connectivity index (χ1v) is 8.17. The van der Waals surface area contributed by atoms with Crippen molar-refractivity contribution in [2.24, 2.45) is 0 Å². The van der Waals surface area contributed by atoms with Crippen LogP contribution in [0.15, 0.2) is 35.8 Å². The molecular formula is C15H16N6O2S. The van der Waals surface area contributed by atoms with Crippen LogP contribution in [0, 0.1) is 6.92 Å². The Kier molecular flexibility index (Phi) is 4.80. The molecule has 0 saturated heterocycles. The van der Waals surface area contributed by atoms with Crippen LogP contribution in [0.25, 0.3) is 0 Å². The third-order valence-corrected chi connectivity index (χ3v) is 4.39. The molecule has 3 aromatic heterocycles. The molecule has 24 heavy (non-hydrogen) atoms. The van der Waals surface area contributed by atoms with Crippen LogP contribution in [0.2, 0.25) is 0 Å². The number of rotatable bonds is 6. The average Bonchev–Trinajstić information content (AvgIpc) is 3.19. The summed E-state index contributed by atoms with van der Waals surface area (Å²) < 4.78 is 1.53. The van der Waals surface area contributed by atoms with E-state index in [0.717, 1.165) is 6.42 Å². The van der Waals surface area contributed by atoms with Gasteiger partial charge in [-0.25, -0.2) is 14.6 Å². The number of aryl methyl sites for hydroxylation is 1. The molecule has 0 spiro atoms. The van der Waals surface area contributed by atoms with Gasteiger partial charge in [0.1, 0.15) is 30.6 Å². The molecule has 0 atom stereocenters. The molecule has 0 fully saturated rings. The molecule has 0 aliphatic rings. The van der Waals surface area contributed by atoms with E-state index in [1.807, 2.05) is 19.1 Å². The van der Waals surface area contributed by atoms with Crippen LogP contribution < -0.4 is 10.9 Å². The molecule has 8 nitrogen and oxygen atoms in total. The third kappa shape index (κ3) is 3.93. The highest BCUT2D eigenvalue weighted by molar-refractivity contribution is 7.11. The maximum Gasteiger partial charge on any atom is 0.263 e. The lowest BCUT2D eigenvalue weighted by atomic mass is 10.3. The number of amides is 1. The summed E-state index contributed by atoms with van der Waals surface area (Å²) in [6, 6.07) is 4.09. The number of carbonyl (C=O) groups is 1. The van der Waals surface area contributed by atoms with Crippen molar-refractivity contribution in [1.29, 1.82) is 0 Å². The summed E-state index contributed by atoms with van der Waals surface area (Å²) >= 11 is 1.70. The normalized spacial score (nSPS) is 10.7. The fourth-order valence-corrected chi connectivity index (χ4v) is 3.05. The molecule has 0 bridgehead atoms. The van der Waals surface area contributed by atoms with Crippen molar-refractivity contribution in [2.45, 2.75) is 19.9 Å². The Hall–Kier alpha value is -2.81. The number of nitrogens with zero attached hydrogens (tertiary/aromatic N) is 4. The molecule has 0 aliphatic heterocycles. The molecule has 2 N–H and O–H groups in total. The topological polar surface area (TPSA) is 106 Å². The zero-order chi connectivity index (χ0) is 16.9. The largest absolute Gasteiger partial charge is 0.351 e. The molecule has 0 aromatic carbocycles. The van der Waals surface area contributed by atoms with E-state index in [2.05, 4.69) is 25.4 Å². The van der Waals surface area contributed by atoms with Gasteiger partial charge in [-0.05, 0) is 25.5 Å². The van der Waals surface area contributed by atoms with E-state index in [4.69, 9.17) is 0 Å². The van der Waals surface area contributed by atoms with E-state index in [0.29, 0.717) is 12.4 Å². The van der Waals surface area contributed by atoms with Crippen molar-refractivity contribution in [2.75, 3.05) is 6.54 Å². The van der Waals surface area contributed by atoms with Crippen molar-refractivity contribution < 1.29 is 4.79 Å². The number of carbonyl (C=O) groups excluding carboxylic acids is 1. The number of nitrogens with one attached hydrogen (secondary N) is 2. The highest BCUT2D eigenvalue weighted by Gasteiger charge is 2.12. The molecule has 124 valence electrons. The predicted molar refractivity (Wildman–Crippen MR) is 89.1 cm³/mol. The Morgan fingerprint density at radius 2 is 2.29 bits per heavy atom. The summed E-state index contributed by atoms with van der Waals surface area (Å²) in [5, 5.41) is 6.68. The van der Waals surface area contributed by atoms with E-state index in [1.165, 1.54) is 33.3 Å².